The maximum absolute atomic E-state index is 5.89. The van der Waals surface area contributed by atoms with Gasteiger partial charge in [0, 0.05) is 25.7 Å². The second-order valence-corrected chi connectivity index (χ2v) is 5.32. The molecule has 0 heterocycles. The number of hydrogen-bond donors (Lipinski definition) is 2. The van der Waals surface area contributed by atoms with Crippen molar-refractivity contribution in [2.45, 2.75) is 33.4 Å². The van der Waals surface area contributed by atoms with Crippen molar-refractivity contribution in [1.29, 1.82) is 0 Å². The van der Waals surface area contributed by atoms with E-state index in [4.69, 9.17) is 16.2 Å². The van der Waals surface area contributed by atoms with Gasteiger partial charge in [-0.2, -0.15) is 0 Å². The van der Waals surface area contributed by atoms with E-state index in [0.717, 1.165) is 18.8 Å². The maximum atomic E-state index is 5.89. The molecule has 0 saturated heterocycles. The molecule has 4 heteroatoms. The summed E-state index contributed by atoms with van der Waals surface area (Å²) in [4.78, 5) is 2.22. The Morgan fingerprint density at radius 2 is 1.89 bits per heavy atom. The molecule has 0 aliphatic heterocycles. The van der Waals surface area contributed by atoms with Crippen molar-refractivity contribution in [3.05, 3.63) is 28.3 Å². The summed E-state index contributed by atoms with van der Waals surface area (Å²) in [6, 6.07) is 2.14. The number of aryl methyl sites for hydroxylation is 1. The van der Waals surface area contributed by atoms with Crippen LogP contribution in [-0.4, -0.2) is 38.2 Å². The number of ether oxygens (including phenoxy) is 1. The molecule has 1 atom stereocenters. The van der Waals surface area contributed by atoms with Gasteiger partial charge in [-0.3, -0.25) is 0 Å². The summed E-state index contributed by atoms with van der Waals surface area (Å²) in [6.45, 7) is 8.58. The quantitative estimate of drug-likeness (QED) is 0.814. The van der Waals surface area contributed by atoms with Crippen LogP contribution in [0, 0.1) is 20.8 Å². The average molecular weight is 265 g/mol. The molecule has 1 unspecified atom stereocenters. The van der Waals surface area contributed by atoms with Crippen LogP contribution in [0.5, 0.6) is 5.75 Å². The van der Waals surface area contributed by atoms with Crippen LogP contribution in [0.15, 0.2) is 6.07 Å². The van der Waals surface area contributed by atoms with E-state index in [1.54, 1.807) is 7.11 Å². The molecule has 1 aromatic rings. The normalized spacial score (nSPS) is 12.8. The van der Waals surface area contributed by atoms with E-state index in [1.165, 1.54) is 22.3 Å². The van der Waals surface area contributed by atoms with E-state index >= 15 is 0 Å². The van der Waals surface area contributed by atoms with E-state index < -0.39 is 0 Å². The Kier molecular flexibility index (Phi) is 5.79. The molecule has 0 amide bonds. The largest absolute Gasteiger partial charge is 0.496 e. The zero-order valence-corrected chi connectivity index (χ0v) is 12.8. The Bertz CT molecular complexity index is 432. The summed E-state index contributed by atoms with van der Waals surface area (Å²) >= 11 is 0. The molecule has 0 aliphatic rings. The van der Waals surface area contributed by atoms with Crippen LogP contribution in [0.2, 0.25) is 0 Å². The molecule has 0 aromatic heterocycles. The van der Waals surface area contributed by atoms with E-state index in [1.807, 2.05) is 0 Å². The third-order valence-corrected chi connectivity index (χ3v) is 3.71. The monoisotopic (exact) mass is 265 g/mol. The fourth-order valence-corrected chi connectivity index (χ4v) is 2.36. The van der Waals surface area contributed by atoms with Crippen molar-refractivity contribution in [2.24, 2.45) is 11.5 Å². The summed E-state index contributed by atoms with van der Waals surface area (Å²) < 4.78 is 5.40. The van der Waals surface area contributed by atoms with Crippen molar-refractivity contribution in [2.75, 3.05) is 27.2 Å². The van der Waals surface area contributed by atoms with E-state index in [-0.39, 0.29) is 6.04 Å². The third kappa shape index (κ3) is 3.93. The maximum Gasteiger partial charge on any atom is 0.122 e. The predicted octanol–water partition coefficient (Wildman–Crippen LogP) is 1.34. The number of hydrogen-bond acceptors (Lipinski definition) is 4. The molecule has 4 nitrogen and oxygen atoms in total. The number of methoxy groups -OCH3 is 1. The highest BCUT2D eigenvalue weighted by molar-refractivity contribution is 5.48. The molecule has 0 aliphatic carbocycles. The molecule has 108 valence electrons. The average Bonchev–Trinajstić information content (AvgIpc) is 2.38. The van der Waals surface area contributed by atoms with Crippen molar-refractivity contribution < 1.29 is 4.74 Å². The number of benzene rings is 1. The number of likely N-dealkylation sites (N-methyl/N-ethyl adjacent to an activating group) is 1. The van der Waals surface area contributed by atoms with Gasteiger partial charge in [0.15, 0.2) is 0 Å². The van der Waals surface area contributed by atoms with Crippen LogP contribution in [0.4, 0.5) is 0 Å². The smallest absolute Gasteiger partial charge is 0.122 e. The lowest BCUT2D eigenvalue weighted by molar-refractivity contribution is 0.303. The van der Waals surface area contributed by atoms with E-state index in [0.29, 0.717) is 6.54 Å². The Labute approximate surface area is 116 Å². The van der Waals surface area contributed by atoms with Crippen molar-refractivity contribution >= 4 is 0 Å². The summed E-state index contributed by atoms with van der Waals surface area (Å²) in [5.74, 6) is 0.958. The molecule has 19 heavy (non-hydrogen) atoms. The molecule has 1 aromatic carbocycles. The number of nitrogens with zero attached hydrogens (tertiary/aromatic N) is 1. The standard InChI is InChI=1S/C15H27N3O/c1-10-6-15(19-5)12(3)11(2)14(10)9-18(4)8-13(17)7-16/h6,13H,7-9,16-17H2,1-5H3. The Morgan fingerprint density at radius 1 is 1.26 bits per heavy atom. The highest BCUT2D eigenvalue weighted by Crippen LogP contribution is 2.28. The second-order valence-electron chi connectivity index (χ2n) is 5.32. The van der Waals surface area contributed by atoms with Crippen LogP contribution in [0.25, 0.3) is 0 Å². The lowest BCUT2D eigenvalue weighted by Gasteiger charge is -2.23. The molecular weight excluding hydrogens is 238 g/mol. The van der Waals surface area contributed by atoms with Gasteiger partial charge in [-0.05, 0) is 56.1 Å². The Morgan fingerprint density at radius 3 is 2.42 bits per heavy atom. The van der Waals surface area contributed by atoms with Crippen LogP contribution in [-0.2, 0) is 6.54 Å². The first-order valence-corrected chi connectivity index (χ1v) is 6.68. The summed E-state index contributed by atoms with van der Waals surface area (Å²) in [7, 11) is 3.79. The molecule has 0 saturated carbocycles. The van der Waals surface area contributed by atoms with Gasteiger partial charge in [0.2, 0.25) is 0 Å². The fraction of sp³-hybridized carbons (Fsp3) is 0.600. The van der Waals surface area contributed by atoms with Gasteiger partial charge in [0.1, 0.15) is 5.75 Å². The van der Waals surface area contributed by atoms with Crippen LogP contribution in [0.3, 0.4) is 0 Å². The summed E-state index contributed by atoms with van der Waals surface area (Å²) in [5.41, 5.74) is 16.6. The minimum atomic E-state index is 0.0324. The molecule has 0 bridgehead atoms. The first kappa shape index (κ1) is 16.0. The van der Waals surface area contributed by atoms with Gasteiger partial charge in [-0.1, -0.05) is 0 Å². The highest BCUT2D eigenvalue weighted by Gasteiger charge is 2.13. The second kappa shape index (κ2) is 6.89. The zero-order chi connectivity index (χ0) is 14.6. The summed E-state index contributed by atoms with van der Waals surface area (Å²) in [6.07, 6.45) is 0. The van der Waals surface area contributed by atoms with Gasteiger partial charge >= 0.3 is 0 Å². The topological polar surface area (TPSA) is 64.5 Å². The van der Waals surface area contributed by atoms with Crippen molar-refractivity contribution in [3.8, 4) is 5.75 Å². The molecule has 0 spiro atoms. The van der Waals surface area contributed by atoms with E-state index in [2.05, 4.69) is 38.8 Å². The van der Waals surface area contributed by atoms with Crippen molar-refractivity contribution in [1.82, 2.24) is 4.90 Å². The first-order chi connectivity index (χ1) is 8.90. The van der Waals surface area contributed by atoms with Gasteiger partial charge in [0.25, 0.3) is 0 Å². The molecular formula is C15H27N3O. The van der Waals surface area contributed by atoms with Crippen LogP contribution < -0.4 is 16.2 Å². The van der Waals surface area contributed by atoms with Crippen molar-refractivity contribution in [3.63, 3.8) is 0 Å². The fourth-order valence-electron chi connectivity index (χ4n) is 2.36. The Balaban J connectivity index is 2.92. The van der Waals surface area contributed by atoms with Gasteiger partial charge < -0.3 is 21.1 Å². The lowest BCUT2D eigenvalue weighted by atomic mass is 9.97. The number of nitrogens with two attached hydrogens (primary N) is 2. The van der Waals surface area contributed by atoms with Gasteiger partial charge in [-0.25, -0.2) is 0 Å². The van der Waals surface area contributed by atoms with E-state index in [9.17, 15) is 0 Å². The van der Waals surface area contributed by atoms with Crippen LogP contribution >= 0.6 is 0 Å². The number of rotatable bonds is 6. The van der Waals surface area contributed by atoms with Crippen LogP contribution in [0.1, 0.15) is 22.3 Å². The molecule has 1 rings (SSSR count). The SMILES string of the molecule is COc1cc(C)c(CN(C)CC(N)CN)c(C)c1C. The molecule has 0 fully saturated rings. The Hall–Kier alpha value is -1.10. The highest BCUT2D eigenvalue weighted by atomic mass is 16.5. The first-order valence-electron chi connectivity index (χ1n) is 6.68. The zero-order valence-electron chi connectivity index (χ0n) is 12.8. The molecule has 0 radical (unpaired) electrons. The van der Waals surface area contributed by atoms with Gasteiger partial charge in [-0.15, -0.1) is 0 Å². The summed E-state index contributed by atoms with van der Waals surface area (Å²) in [5, 5.41) is 0. The predicted molar refractivity (Wildman–Crippen MR) is 80.6 cm³/mol. The minimum Gasteiger partial charge on any atom is -0.496 e. The lowest BCUT2D eigenvalue weighted by Crippen LogP contribution is -2.40. The minimum absolute atomic E-state index is 0.0324. The third-order valence-electron chi connectivity index (χ3n) is 3.71. The van der Waals surface area contributed by atoms with Gasteiger partial charge in [0.05, 0.1) is 7.11 Å². The molecule has 4 N–H and O–H groups in total.